The summed E-state index contributed by atoms with van der Waals surface area (Å²) in [6.07, 6.45) is 0. The van der Waals surface area contributed by atoms with Crippen LogP contribution in [0.25, 0.3) is 88.3 Å². The molecule has 0 unspecified atom stereocenters. The molecule has 370 valence electrons. The molecular weight excluding hydrogens is 981 g/mol. The zero-order chi connectivity index (χ0) is 52.5. The fourth-order valence-corrected chi connectivity index (χ4v) is 25.8. The summed E-state index contributed by atoms with van der Waals surface area (Å²) in [7, 11) is -5.55. The second-order valence-corrected chi connectivity index (χ2v) is 29.9. The van der Waals surface area contributed by atoms with Gasteiger partial charge in [0.05, 0.1) is 0 Å². The molecule has 79 heavy (non-hydrogen) atoms. The molecule has 16 rings (SSSR count). The van der Waals surface area contributed by atoms with Gasteiger partial charge in [-0.15, -0.1) is 0 Å². The minimum atomic E-state index is -2.77. The van der Waals surface area contributed by atoms with Gasteiger partial charge in [0.15, 0.2) is 16.1 Å². The molecule has 2 aliphatic heterocycles. The van der Waals surface area contributed by atoms with Crippen molar-refractivity contribution >= 4 is 79.2 Å². The highest BCUT2D eigenvalue weighted by molar-refractivity contribution is 7.23. The first kappa shape index (κ1) is 46.0. The van der Waals surface area contributed by atoms with Gasteiger partial charge < -0.3 is 0 Å². The maximum Gasteiger partial charge on any atom is 0.180 e. The molecule has 1 aliphatic carbocycles. The summed E-state index contributed by atoms with van der Waals surface area (Å²) in [5, 5.41) is 16.5. The molecule has 0 nitrogen and oxygen atoms in total. The van der Waals surface area contributed by atoms with Crippen LogP contribution in [0.5, 0.6) is 0 Å². The van der Waals surface area contributed by atoms with E-state index in [0.717, 1.165) is 0 Å². The monoisotopic (exact) mass is 1030 g/mol. The van der Waals surface area contributed by atoms with Gasteiger partial charge in [0.25, 0.3) is 0 Å². The van der Waals surface area contributed by atoms with E-state index in [9.17, 15) is 0 Å². The minimum Gasteiger partial charge on any atom is -0.0623 e. The lowest BCUT2D eigenvalue weighted by atomic mass is 9.76. The third-order valence-electron chi connectivity index (χ3n) is 18.4. The highest BCUT2D eigenvalue weighted by Gasteiger charge is 2.51. The SMILES string of the molecule is CC1(C)c2ccccc2-c2cccc(-c3c4cccc(-c5cccc6c5-c5ccccc5[Si]6(c5ccccc5)c5ccccc5)c4cc4c(-c5cccc6c5-c5ccccc5[Si]6(c5ccccc5)c5ccccc5)cccc34)c21. The van der Waals surface area contributed by atoms with Crippen LogP contribution >= 0.6 is 0 Å². The van der Waals surface area contributed by atoms with E-state index in [1.165, 1.54) is 141 Å². The highest BCUT2D eigenvalue weighted by Crippen LogP contribution is 2.55. The molecule has 13 aromatic carbocycles. The summed E-state index contributed by atoms with van der Waals surface area (Å²) in [6.45, 7) is 4.87. The predicted octanol–water partition coefficient (Wildman–Crippen LogP) is 14.0. The topological polar surface area (TPSA) is 0 Å². The molecule has 0 aromatic heterocycles. The largest absolute Gasteiger partial charge is 0.180 e. The molecular formula is C77H54Si2. The smallest absolute Gasteiger partial charge is 0.0623 e. The molecule has 0 saturated carbocycles. The number of benzene rings is 13. The molecule has 0 saturated heterocycles. The lowest BCUT2D eigenvalue weighted by Gasteiger charge is -2.31. The Kier molecular flexibility index (Phi) is 10.1. The first-order valence-corrected chi connectivity index (χ1v) is 31.9. The van der Waals surface area contributed by atoms with E-state index in [1.54, 1.807) is 0 Å². The average Bonchev–Trinajstić information content (AvgIpc) is 4.27. The summed E-state index contributed by atoms with van der Waals surface area (Å²) in [5.41, 5.74) is 18.3. The third-order valence-corrected chi connectivity index (χ3v) is 28.2. The van der Waals surface area contributed by atoms with E-state index in [-0.39, 0.29) is 5.41 Å². The number of hydrogen-bond acceptors (Lipinski definition) is 0. The van der Waals surface area contributed by atoms with Crippen molar-refractivity contribution in [3.05, 3.63) is 302 Å². The van der Waals surface area contributed by atoms with Crippen LogP contribution in [0.3, 0.4) is 0 Å². The van der Waals surface area contributed by atoms with Gasteiger partial charge >= 0.3 is 0 Å². The van der Waals surface area contributed by atoms with E-state index in [4.69, 9.17) is 0 Å². The van der Waals surface area contributed by atoms with Crippen molar-refractivity contribution in [2.45, 2.75) is 19.3 Å². The molecule has 13 aromatic rings. The Balaban J connectivity index is 1.03. The molecule has 0 atom stereocenters. The molecule has 0 spiro atoms. The predicted molar refractivity (Wildman–Crippen MR) is 341 cm³/mol. The molecule has 2 heteroatoms. The molecule has 0 amide bonds. The maximum atomic E-state index is 2.58. The third kappa shape index (κ3) is 6.24. The number of fused-ring (bicyclic) bond motifs is 11. The van der Waals surface area contributed by atoms with E-state index in [2.05, 4.69) is 305 Å². The van der Waals surface area contributed by atoms with Crippen LogP contribution in [0.4, 0.5) is 0 Å². The van der Waals surface area contributed by atoms with E-state index in [0.29, 0.717) is 0 Å². The number of rotatable bonds is 7. The van der Waals surface area contributed by atoms with Gasteiger partial charge in [0.1, 0.15) is 0 Å². The van der Waals surface area contributed by atoms with Crippen LogP contribution in [-0.2, 0) is 5.41 Å². The summed E-state index contributed by atoms with van der Waals surface area (Å²) in [4.78, 5) is 0. The fourth-order valence-electron chi connectivity index (χ4n) is 15.4. The second kappa shape index (κ2) is 17.4. The van der Waals surface area contributed by atoms with Gasteiger partial charge in [0, 0.05) is 5.41 Å². The Morgan fingerprint density at radius 2 is 0.557 bits per heavy atom. The molecule has 0 fully saturated rings. The molecule has 2 heterocycles. The summed E-state index contributed by atoms with van der Waals surface area (Å²) in [5.74, 6) is 0. The lowest BCUT2D eigenvalue weighted by Crippen LogP contribution is -2.72. The Morgan fingerprint density at radius 1 is 0.228 bits per heavy atom. The van der Waals surface area contributed by atoms with Crippen LogP contribution < -0.4 is 41.5 Å². The van der Waals surface area contributed by atoms with Gasteiger partial charge in [0.2, 0.25) is 0 Å². The zero-order valence-corrected chi connectivity index (χ0v) is 46.2. The average molecular weight is 1040 g/mol. The number of hydrogen-bond donors (Lipinski definition) is 0. The fraction of sp³-hybridized carbons (Fsp3) is 0.0390. The molecule has 0 N–H and O–H groups in total. The minimum absolute atomic E-state index is 0.230. The van der Waals surface area contributed by atoms with Crippen molar-refractivity contribution in [1.29, 1.82) is 0 Å². The zero-order valence-electron chi connectivity index (χ0n) is 44.2. The van der Waals surface area contributed by atoms with Gasteiger partial charge in [-0.2, -0.15) is 0 Å². The second-order valence-electron chi connectivity index (χ2n) is 22.5. The Bertz CT molecular complexity index is 4290. The van der Waals surface area contributed by atoms with Gasteiger partial charge in [-0.05, 0) is 147 Å². The Hall–Kier alpha value is -9.19. The van der Waals surface area contributed by atoms with Crippen LogP contribution in [0.2, 0.25) is 0 Å². The van der Waals surface area contributed by atoms with Crippen molar-refractivity contribution in [3.8, 4) is 66.8 Å². The van der Waals surface area contributed by atoms with Crippen molar-refractivity contribution in [1.82, 2.24) is 0 Å². The Labute approximate surface area is 464 Å². The summed E-state index contributed by atoms with van der Waals surface area (Å²) < 4.78 is 0. The Morgan fingerprint density at radius 3 is 1.03 bits per heavy atom. The molecule has 3 aliphatic rings. The van der Waals surface area contributed by atoms with Crippen molar-refractivity contribution in [3.63, 3.8) is 0 Å². The van der Waals surface area contributed by atoms with Gasteiger partial charge in [-0.1, -0.05) is 299 Å². The van der Waals surface area contributed by atoms with Crippen molar-refractivity contribution in [2.24, 2.45) is 0 Å². The normalized spacial score (nSPS) is 14.5. The maximum absolute atomic E-state index is 2.77. The van der Waals surface area contributed by atoms with Crippen LogP contribution in [0, 0.1) is 0 Å². The standard InChI is InChI=1S/C77H54Si2/c1-77(2)68-45-18-15-34-57(68)62-43-23-44-65(76(62)77)73-60-39-21-37-55(58-41-24-48-71-74(58)63-35-16-19-46-69(63)78(71,51-26-7-3-8-27-51)52-28-9-4-10-29-52)66(60)50-67-56(38-22-40-61(67)73)59-42-25-49-72-75(59)64-36-17-20-47-70(64)79(72,53-30-11-5-12-31-53)54-32-13-6-14-33-54/h3-50H,1-2H3. The van der Waals surface area contributed by atoms with Crippen LogP contribution in [-0.4, -0.2) is 16.1 Å². The molecule has 0 radical (unpaired) electrons. The van der Waals surface area contributed by atoms with Crippen molar-refractivity contribution < 1.29 is 0 Å². The summed E-state index contributed by atoms with van der Waals surface area (Å²) >= 11 is 0. The van der Waals surface area contributed by atoms with E-state index >= 15 is 0 Å². The van der Waals surface area contributed by atoms with Crippen molar-refractivity contribution in [2.75, 3.05) is 0 Å². The lowest BCUT2D eigenvalue weighted by molar-refractivity contribution is 0.662. The van der Waals surface area contributed by atoms with Crippen LogP contribution in [0.15, 0.2) is 291 Å². The van der Waals surface area contributed by atoms with Gasteiger partial charge in [-0.25, -0.2) is 0 Å². The molecule has 0 bridgehead atoms. The highest BCUT2D eigenvalue weighted by atomic mass is 28.3. The summed E-state index contributed by atoms with van der Waals surface area (Å²) in [6, 6.07) is 112. The van der Waals surface area contributed by atoms with Gasteiger partial charge in [-0.3, -0.25) is 0 Å². The van der Waals surface area contributed by atoms with E-state index in [1.807, 2.05) is 0 Å². The first-order valence-electron chi connectivity index (χ1n) is 27.9. The van der Waals surface area contributed by atoms with E-state index < -0.39 is 16.1 Å². The van der Waals surface area contributed by atoms with Crippen LogP contribution in [0.1, 0.15) is 25.0 Å². The quantitative estimate of drug-likeness (QED) is 0.110. The first-order chi connectivity index (χ1) is 39.0.